The molecule has 0 aliphatic carbocycles. The minimum Gasteiger partial charge on any atom is -0.489 e. The predicted octanol–water partition coefficient (Wildman–Crippen LogP) is 7.31. The Labute approximate surface area is 190 Å². The van der Waals surface area contributed by atoms with Crippen molar-refractivity contribution in [1.82, 2.24) is 0 Å². The van der Waals surface area contributed by atoms with E-state index in [0.717, 1.165) is 24.3 Å². The van der Waals surface area contributed by atoms with Gasteiger partial charge in [0.05, 0.1) is 11.1 Å². The third kappa shape index (κ3) is 4.48. The number of hydrogen-bond donors (Lipinski definition) is 0. The van der Waals surface area contributed by atoms with Crippen LogP contribution >= 0.6 is 0 Å². The summed E-state index contributed by atoms with van der Waals surface area (Å²) in [4.78, 5) is 0. The Morgan fingerprint density at radius 1 is 0.735 bits per heavy atom. The van der Waals surface area contributed by atoms with Crippen LogP contribution in [0, 0.1) is 46.7 Å². The molecule has 0 heterocycles. The number of fused-ring (bicyclic) bond motifs is 1. The molecule has 170 valence electrons. The number of halogens is 6. The second-order valence-corrected chi connectivity index (χ2v) is 7.23. The number of ether oxygens (including phenoxy) is 1. The highest BCUT2D eigenvalue weighted by Gasteiger charge is 2.16. The van der Waals surface area contributed by atoms with E-state index in [0.29, 0.717) is 5.56 Å². The van der Waals surface area contributed by atoms with Gasteiger partial charge in [-0.3, -0.25) is 0 Å². The zero-order chi connectivity index (χ0) is 24.4. The fraction of sp³-hybridized carbons (Fsp3) is 0.0370. The van der Waals surface area contributed by atoms with E-state index < -0.39 is 40.5 Å². The molecule has 0 unspecified atom stereocenters. The largest absolute Gasteiger partial charge is 0.489 e. The lowest BCUT2D eigenvalue weighted by Crippen LogP contribution is -1.97. The smallest absolute Gasteiger partial charge is 0.195 e. The lowest BCUT2D eigenvalue weighted by atomic mass is 10.0. The van der Waals surface area contributed by atoms with Crippen LogP contribution in [0.2, 0.25) is 0 Å². The van der Waals surface area contributed by atoms with E-state index in [4.69, 9.17) is 4.74 Å². The molecule has 4 aromatic carbocycles. The first-order valence-electron chi connectivity index (χ1n) is 9.90. The molecular formula is C27H14F6O. The molecule has 34 heavy (non-hydrogen) atoms. The van der Waals surface area contributed by atoms with Crippen LogP contribution in [0.1, 0.15) is 11.1 Å². The van der Waals surface area contributed by atoms with E-state index in [1.54, 1.807) is 0 Å². The SMILES string of the molecule is C=CCOc1cc(F)c(-c2ccc(C#Cc3ccc4c(F)c(F)c(F)cc4c3)c(F)c2)c(F)c1. The molecule has 0 saturated carbocycles. The Kier molecular flexibility index (Phi) is 6.33. The fourth-order valence-corrected chi connectivity index (χ4v) is 3.36. The summed E-state index contributed by atoms with van der Waals surface area (Å²) in [7, 11) is 0. The number of hydrogen-bond acceptors (Lipinski definition) is 1. The molecule has 0 fully saturated rings. The van der Waals surface area contributed by atoms with Crippen LogP contribution in [0.25, 0.3) is 21.9 Å². The standard InChI is InChI=1S/C27H14F6O/c1-2-9-34-19-13-22(29)25(23(30)14-19)17-7-6-16(21(28)11-17)5-3-15-4-8-20-18(10-15)12-24(31)27(33)26(20)32/h2,4,6-8,10-14H,1,9H2. The molecule has 7 heteroatoms. The summed E-state index contributed by atoms with van der Waals surface area (Å²) in [5, 5.41) is -0.0320. The van der Waals surface area contributed by atoms with E-state index in [2.05, 4.69) is 18.4 Å². The second-order valence-electron chi connectivity index (χ2n) is 7.23. The molecule has 0 aliphatic heterocycles. The van der Waals surface area contributed by atoms with Crippen molar-refractivity contribution in [2.75, 3.05) is 6.61 Å². The van der Waals surface area contributed by atoms with Crippen molar-refractivity contribution in [2.24, 2.45) is 0 Å². The average molecular weight is 468 g/mol. The van der Waals surface area contributed by atoms with E-state index in [1.807, 2.05) is 0 Å². The lowest BCUT2D eigenvalue weighted by molar-refractivity contribution is 0.358. The van der Waals surface area contributed by atoms with Crippen molar-refractivity contribution < 1.29 is 31.1 Å². The molecule has 1 nitrogen and oxygen atoms in total. The Balaban J connectivity index is 1.65. The predicted molar refractivity (Wildman–Crippen MR) is 117 cm³/mol. The van der Waals surface area contributed by atoms with Gasteiger partial charge in [0, 0.05) is 23.1 Å². The molecule has 4 rings (SSSR count). The van der Waals surface area contributed by atoms with Crippen molar-refractivity contribution in [3.8, 4) is 28.7 Å². The second kappa shape index (κ2) is 9.36. The molecule has 0 aromatic heterocycles. The minimum atomic E-state index is -1.57. The van der Waals surface area contributed by atoms with Gasteiger partial charge in [-0.15, -0.1) is 0 Å². The molecule has 0 amide bonds. The average Bonchev–Trinajstić information content (AvgIpc) is 2.80. The Morgan fingerprint density at radius 2 is 1.47 bits per heavy atom. The summed E-state index contributed by atoms with van der Waals surface area (Å²) in [5.74, 6) is -1.69. The number of benzene rings is 4. The maximum Gasteiger partial charge on any atom is 0.195 e. The van der Waals surface area contributed by atoms with Crippen LogP contribution in [-0.2, 0) is 0 Å². The minimum absolute atomic E-state index is 0.0282. The Hall–Kier alpha value is -4.18. The first-order chi connectivity index (χ1) is 16.3. The first kappa shape index (κ1) is 23.0. The highest BCUT2D eigenvalue weighted by atomic mass is 19.2. The molecule has 4 aromatic rings. The van der Waals surface area contributed by atoms with Crippen molar-refractivity contribution in [2.45, 2.75) is 0 Å². The van der Waals surface area contributed by atoms with Gasteiger partial charge in [0.2, 0.25) is 0 Å². The maximum atomic E-state index is 14.6. The van der Waals surface area contributed by atoms with E-state index in [-0.39, 0.29) is 34.3 Å². The monoisotopic (exact) mass is 468 g/mol. The topological polar surface area (TPSA) is 9.23 Å². The van der Waals surface area contributed by atoms with Crippen molar-refractivity contribution >= 4 is 10.8 Å². The zero-order valence-corrected chi connectivity index (χ0v) is 17.4. The van der Waals surface area contributed by atoms with Gasteiger partial charge >= 0.3 is 0 Å². The van der Waals surface area contributed by atoms with Gasteiger partial charge in [0.15, 0.2) is 17.5 Å². The van der Waals surface area contributed by atoms with Crippen molar-refractivity contribution in [3.63, 3.8) is 0 Å². The van der Waals surface area contributed by atoms with E-state index in [9.17, 15) is 26.3 Å². The van der Waals surface area contributed by atoms with Gasteiger partial charge in [-0.2, -0.15) is 0 Å². The first-order valence-corrected chi connectivity index (χ1v) is 9.90. The van der Waals surface area contributed by atoms with E-state index >= 15 is 0 Å². The van der Waals surface area contributed by atoms with Crippen LogP contribution < -0.4 is 4.74 Å². The maximum absolute atomic E-state index is 14.6. The lowest BCUT2D eigenvalue weighted by Gasteiger charge is -2.09. The van der Waals surface area contributed by atoms with Gasteiger partial charge in [0.1, 0.15) is 29.8 Å². The van der Waals surface area contributed by atoms with Gasteiger partial charge in [-0.1, -0.05) is 36.6 Å². The van der Waals surface area contributed by atoms with Gasteiger partial charge < -0.3 is 4.74 Å². The third-order valence-corrected chi connectivity index (χ3v) is 4.96. The molecule has 0 saturated heterocycles. The van der Waals surface area contributed by atoms with Crippen molar-refractivity contribution in [1.29, 1.82) is 0 Å². The summed E-state index contributed by atoms with van der Waals surface area (Å²) < 4.78 is 89.4. The third-order valence-electron chi connectivity index (χ3n) is 4.96. The van der Waals surface area contributed by atoms with Crippen LogP contribution in [0.3, 0.4) is 0 Å². The zero-order valence-electron chi connectivity index (χ0n) is 17.4. The van der Waals surface area contributed by atoms with Crippen LogP contribution in [0.4, 0.5) is 26.3 Å². The normalized spacial score (nSPS) is 10.6. The van der Waals surface area contributed by atoms with Crippen LogP contribution in [-0.4, -0.2) is 6.61 Å². The summed E-state index contributed by atoms with van der Waals surface area (Å²) in [6.07, 6.45) is 1.42. The molecule has 0 radical (unpaired) electrons. The highest BCUT2D eigenvalue weighted by Crippen LogP contribution is 2.31. The summed E-state index contributed by atoms with van der Waals surface area (Å²) in [5.41, 5.74) is -0.220. The number of rotatable bonds is 4. The van der Waals surface area contributed by atoms with Crippen LogP contribution in [0.5, 0.6) is 5.75 Å². The fourth-order valence-electron chi connectivity index (χ4n) is 3.36. The molecule has 0 aliphatic rings. The quantitative estimate of drug-likeness (QED) is 0.132. The highest BCUT2D eigenvalue weighted by molar-refractivity contribution is 5.84. The van der Waals surface area contributed by atoms with Crippen molar-refractivity contribution in [3.05, 3.63) is 113 Å². The molecular weight excluding hydrogens is 454 g/mol. The Morgan fingerprint density at radius 3 is 2.15 bits per heavy atom. The Bertz CT molecular complexity index is 1470. The summed E-state index contributed by atoms with van der Waals surface area (Å²) in [6, 6.07) is 10.3. The molecule has 0 bridgehead atoms. The molecule has 0 atom stereocenters. The summed E-state index contributed by atoms with van der Waals surface area (Å²) in [6.45, 7) is 3.52. The van der Waals surface area contributed by atoms with E-state index in [1.165, 1.54) is 36.4 Å². The van der Waals surface area contributed by atoms with Gasteiger partial charge in [-0.05, 0) is 41.3 Å². The van der Waals surface area contributed by atoms with Gasteiger partial charge in [-0.25, -0.2) is 26.3 Å². The van der Waals surface area contributed by atoms with Crippen LogP contribution in [0.15, 0.2) is 67.3 Å². The van der Waals surface area contributed by atoms with Gasteiger partial charge in [0.25, 0.3) is 0 Å². The summed E-state index contributed by atoms with van der Waals surface area (Å²) >= 11 is 0. The molecule has 0 spiro atoms. The molecule has 0 N–H and O–H groups in total.